The third-order valence-corrected chi connectivity index (χ3v) is 2.31. The highest BCUT2D eigenvalue weighted by Gasteiger charge is 2.00. The smallest absolute Gasteiger partial charge is 0.239 e. The predicted molar refractivity (Wildman–Crippen MR) is 64.1 cm³/mol. The molecular formula is C11H20N4O. The Morgan fingerprint density at radius 3 is 3.00 bits per heavy atom. The maximum atomic E-state index is 10.7. The molecular weight excluding hydrogens is 204 g/mol. The Kier molecular flexibility index (Phi) is 5.39. The van der Waals surface area contributed by atoms with Gasteiger partial charge in [-0.1, -0.05) is 26.2 Å². The van der Waals surface area contributed by atoms with Crippen LogP contribution in [0.15, 0.2) is 12.4 Å². The SMILES string of the molecule is CCCCCCNc1cnn(CC(N)=O)c1. The van der Waals surface area contributed by atoms with Gasteiger partial charge in [-0.05, 0) is 6.42 Å². The van der Waals surface area contributed by atoms with Gasteiger partial charge in [0, 0.05) is 12.7 Å². The molecule has 0 unspecified atom stereocenters. The van der Waals surface area contributed by atoms with Crippen molar-refractivity contribution >= 4 is 11.6 Å². The van der Waals surface area contributed by atoms with Gasteiger partial charge in [-0.15, -0.1) is 0 Å². The first-order valence-electron chi connectivity index (χ1n) is 5.77. The zero-order valence-corrected chi connectivity index (χ0v) is 9.78. The zero-order valence-electron chi connectivity index (χ0n) is 9.78. The number of nitrogens with two attached hydrogens (primary N) is 1. The van der Waals surface area contributed by atoms with Crippen molar-refractivity contribution in [2.24, 2.45) is 5.73 Å². The summed E-state index contributed by atoms with van der Waals surface area (Å²) < 4.78 is 1.54. The maximum Gasteiger partial charge on any atom is 0.239 e. The molecule has 1 heterocycles. The van der Waals surface area contributed by atoms with Crippen LogP contribution in [0.4, 0.5) is 5.69 Å². The van der Waals surface area contributed by atoms with Crippen molar-refractivity contribution in [2.75, 3.05) is 11.9 Å². The van der Waals surface area contributed by atoms with Crippen LogP contribution < -0.4 is 11.1 Å². The van der Waals surface area contributed by atoms with Gasteiger partial charge >= 0.3 is 0 Å². The highest BCUT2D eigenvalue weighted by molar-refractivity contribution is 5.73. The van der Waals surface area contributed by atoms with Gasteiger partial charge in [0.25, 0.3) is 0 Å². The summed E-state index contributed by atoms with van der Waals surface area (Å²) in [6, 6.07) is 0. The number of anilines is 1. The number of carbonyl (C=O) groups excluding carboxylic acids is 1. The van der Waals surface area contributed by atoms with Crippen molar-refractivity contribution in [3.05, 3.63) is 12.4 Å². The van der Waals surface area contributed by atoms with E-state index >= 15 is 0 Å². The molecule has 0 saturated heterocycles. The van der Waals surface area contributed by atoms with E-state index in [-0.39, 0.29) is 12.5 Å². The first-order chi connectivity index (χ1) is 7.72. The standard InChI is InChI=1S/C11H20N4O/c1-2-3-4-5-6-13-10-7-14-15(8-10)9-11(12)16/h7-8,13H,2-6,9H2,1H3,(H2,12,16). The summed E-state index contributed by atoms with van der Waals surface area (Å²) in [5.74, 6) is -0.377. The van der Waals surface area contributed by atoms with Crippen molar-refractivity contribution in [2.45, 2.75) is 39.2 Å². The van der Waals surface area contributed by atoms with Gasteiger partial charge in [0.1, 0.15) is 6.54 Å². The van der Waals surface area contributed by atoms with E-state index < -0.39 is 0 Å². The number of aromatic nitrogens is 2. The van der Waals surface area contributed by atoms with Gasteiger partial charge in [-0.25, -0.2) is 0 Å². The molecule has 5 heteroatoms. The molecule has 0 fully saturated rings. The molecule has 0 spiro atoms. The molecule has 1 aromatic heterocycles. The molecule has 0 saturated carbocycles. The number of unbranched alkanes of at least 4 members (excludes halogenated alkanes) is 3. The number of rotatable bonds is 8. The molecule has 0 aliphatic carbocycles. The van der Waals surface area contributed by atoms with Crippen molar-refractivity contribution in [3.8, 4) is 0 Å². The molecule has 1 rings (SSSR count). The van der Waals surface area contributed by atoms with Crippen LogP contribution in [0.1, 0.15) is 32.6 Å². The first-order valence-corrected chi connectivity index (χ1v) is 5.77. The number of nitrogens with one attached hydrogen (secondary N) is 1. The van der Waals surface area contributed by atoms with Gasteiger partial charge in [0.05, 0.1) is 11.9 Å². The zero-order chi connectivity index (χ0) is 11.8. The van der Waals surface area contributed by atoms with Crippen molar-refractivity contribution in [3.63, 3.8) is 0 Å². The Morgan fingerprint density at radius 1 is 1.50 bits per heavy atom. The summed E-state index contributed by atoms with van der Waals surface area (Å²) in [6.45, 7) is 3.28. The Hall–Kier alpha value is -1.52. The minimum atomic E-state index is -0.377. The molecule has 0 aliphatic heterocycles. The summed E-state index contributed by atoms with van der Waals surface area (Å²) in [7, 11) is 0. The lowest BCUT2D eigenvalue weighted by Crippen LogP contribution is -2.18. The third kappa shape index (κ3) is 4.82. The summed E-state index contributed by atoms with van der Waals surface area (Å²) in [5.41, 5.74) is 6.01. The quantitative estimate of drug-likeness (QED) is 0.655. The number of primary amides is 1. The third-order valence-electron chi connectivity index (χ3n) is 2.31. The Balaban J connectivity index is 2.21. The van der Waals surface area contributed by atoms with Gasteiger partial charge in [-0.2, -0.15) is 5.10 Å². The van der Waals surface area contributed by atoms with Crippen LogP contribution in [0.2, 0.25) is 0 Å². The van der Waals surface area contributed by atoms with Gasteiger partial charge < -0.3 is 11.1 Å². The van der Waals surface area contributed by atoms with E-state index in [9.17, 15) is 4.79 Å². The topological polar surface area (TPSA) is 72.9 Å². The lowest BCUT2D eigenvalue weighted by molar-refractivity contribution is -0.118. The summed E-state index contributed by atoms with van der Waals surface area (Å²) in [6.07, 6.45) is 8.44. The number of amides is 1. The average Bonchev–Trinajstić information content (AvgIpc) is 2.64. The van der Waals surface area contributed by atoms with Gasteiger partial charge in [-0.3, -0.25) is 9.48 Å². The minimum Gasteiger partial charge on any atom is -0.383 e. The fourth-order valence-electron chi connectivity index (χ4n) is 1.49. The van der Waals surface area contributed by atoms with Crippen LogP contribution in [0.25, 0.3) is 0 Å². The molecule has 5 nitrogen and oxygen atoms in total. The van der Waals surface area contributed by atoms with E-state index in [0.29, 0.717) is 0 Å². The molecule has 0 atom stereocenters. The molecule has 0 bridgehead atoms. The van der Waals surface area contributed by atoms with E-state index in [4.69, 9.17) is 5.73 Å². The molecule has 0 aliphatic rings. The summed E-state index contributed by atoms with van der Waals surface area (Å²) in [5, 5.41) is 7.29. The molecule has 0 aromatic carbocycles. The number of hydrogen-bond donors (Lipinski definition) is 2. The van der Waals surface area contributed by atoms with Crippen molar-refractivity contribution in [1.29, 1.82) is 0 Å². The predicted octanol–water partition coefficient (Wildman–Crippen LogP) is 1.36. The molecule has 1 amide bonds. The maximum absolute atomic E-state index is 10.7. The molecule has 90 valence electrons. The fourth-order valence-corrected chi connectivity index (χ4v) is 1.49. The van der Waals surface area contributed by atoms with Crippen molar-refractivity contribution < 1.29 is 4.79 Å². The van der Waals surface area contributed by atoms with Crippen LogP contribution in [-0.2, 0) is 11.3 Å². The van der Waals surface area contributed by atoms with E-state index in [1.807, 2.05) is 0 Å². The Labute approximate surface area is 96.0 Å². The Bertz CT molecular complexity index is 322. The Morgan fingerprint density at radius 2 is 2.31 bits per heavy atom. The largest absolute Gasteiger partial charge is 0.383 e. The van der Waals surface area contributed by atoms with E-state index in [1.54, 1.807) is 12.4 Å². The van der Waals surface area contributed by atoms with E-state index in [0.717, 1.165) is 18.7 Å². The number of nitrogens with zero attached hydrogens (tertiary/aromatic N) is 2. The molecule has 0 radical (unpaired) electrons. The molecule has 16 heavy (non-hydrogen) atoms. The first kappa shape index (κ1) is 12.5. The highest BCUT2D eigenvalue weighted by atomic mass is 16.1. The van der Waals surface area contributed by atoms with Gasteiger partial charge in [0.15, 0.2) is 0 Å². The molecule has 3 N–H and O–H groups in total. The second-order valence-corrected chi connectivity index (χ2v) is 3.88. The van der Waals surface area contributed by atoms with Gasteiger partial charge in [0.2, 0.25) is 5.91 Å². The van der Waals surface area contributed by atoms with Crippen molar-refractivity contribution in [1.82, 2.24) is 9.78 Å². The number of hydrogen-bond acceptors (Lipinski definition) is 3. The minimum absolute atomic E-state index is 0.136. The average molecular weight is 224 g/mol. The van der Waals surface area contributed by atoms with Crippen LogP contribution >= 0.6 is 0 Å². The van der Waals surface area contributed by atoms with Crippen LogP contribution in [0.3, 0.4) is 0 Å². The van der Waals surface area contributed by atoms with Crippen LogP contribution in [-0.4, -0.2) is 22.2 Å². The monoisotopic (exact) mass is 224 g/mol. The van der Waals surface area contributed by atoms with E-state index in [1.165, 1.54) is 23.9 Å². The van der Waals surface area contributed by atoms with Crippen LogP contribution in [0.5, 0.6) is 0 Å². The lowest BCUT2D eigenvalue weighted by Gasteiger charge is -2.02. The van der Waals surface area contributed by atoms with Crippen LogP contribution in [0, 0.1) is 0 Å². The number of carbonyl (C=O) groups is 1. The van der Waals surface area contributed by atoms with E-state index in [2.05, 4.69) is 17.3 Å². The summed E-state index contributed by atoms with van der Waals surface area (Å²) >= 11 is 0. The second-order valence-electron chi connectivity index (χ2n) is 3.88. The highest BCUT2D eigenvalue weighted by Crippen LogP contribution is 2.06. The normalized spacial score (nSPS) is 10.3. The molecule has 1 aromatic rings. The summed E-state index contributed by atoms with van der Waals surface area (Å²) in [4.78, 5) is 10.7. The lowest BCUT2D eigenvalue weighted by atomic mass is 10.2. The fraction of sp³-hybridized carbons (Fsp3) is 0.636. The second kappa shape index (κ2) is 6.87.